The molecule has 5 rings (SSSR count). The highest BCUT2D eigenvalue weighted by atomic mass is 35.5. The van der Waals surface area contributed by atoms with Crippen molar-refractivity contribution in [2.45, 2.75) is 82.3 Å². The summed E-state index contributed by atoms with van der Waals surface area (Å²) in [5.41, 5.74) is 4.73. The minimum absolute atomic E-state index is 0.0562. The van der Waals surface area contributed by atoms with Crippen LogP contribution in [-0.4, -0.2) is 48.6 Å². The Balaban J connectivity index is 1.30. The minimum Gasteiger partial charge on any atom is -0.349 e. The Bertz CT molecular complexity index is 1440. The highest BCUT2D eigenvalue weighted by Gasteiger charge is 2.38. The molecular weight excluding hydrogens is 548 g/mol. The van der Waals surface area contributed by atoms with Crippen molar-refractivity contribution in [3.63, 3.8) is 0 Å². The zero-order valence-electron chi connectivity index (χ0n) is 23.1. The van der Waals surface area contributed by atoms with Gasteiger partial charge in [-0.15, -0.1) is 0 Å². The molecule has 10 heteroatoms. The number of halogens is 1. The van der Waals surface area contributed by atoms with Gasteiger partial charge in [-0.1, -0.05) is 36.2 Å². The predicted octanol–water partition coefficient (Wildman–Crippen LogP) is 4.49. The molecule has 2 N–H and O–H groups in total. The molecule has 3 aliphatic rings. The Hall–Kier alpha value is -2.88. The minimum atomic E-state index is -4.12. The molecule has 0 aromatic heterocycles. The van der Waals surface area contributed by atoms with E-state index in [4.69, 9.17) is 11.6 Å². The number of hydrogen-bond donors (Lipinski definition) is 2. The smallest absolute Gasteiger partial charge is 0.264 e. The van der Waals surface area contributed by atoms with Crippen LogP contribution in [0.3, 0.4) is 0 Å². The fourth-order valence-electron chi connectivity index (χ4n) is 6.01. The summed E-state index contributed by atoms with van der Waals surface area (Å²) in [4.78, 5) is 28.7. The lowest BCUT2D eigenvalue weighted by Gasteiger charge is -2.33. The number of benzene rings is 2. The average Bonchev–Trinajstić information content (AvgIpc) is 2.92. The van der Waals surface area contributed by atoms with E-state index in [0.29, 0.717) is 16.1 Å². The van der Waals surface area contributed by atoms with Crippen molar-refractivity contribution in [2.24, 2.45) is 0 Å². The number of rotatable bonds is 7. The van der Waals surface area contributed by atoms with E-state index < -0.39 is 22.0 Å². The molecule has 1 saturated heterocycles. The molecule has 0 bridgehead atoms. The lowest BCUT2D eigenvalue weighted by Crippen LogP contribution is -2.51. The van der Waals surface area contributed by atoms with E-state index in [1.165, 1.54) is 48.9 Å². The number of hydrogen-bond acceptors (Lipinski definition) is 5. The summed E-state index contributed by atoms with van der Waals surface area (Å²) >= 11 is 6.18. The predicted molar refractivity (Wildman–Crippen MR) is 155 cm³/mol. The maximum Gasteiger partial charge on any atom is 0.264 e. The normalized spacial score (nSPS) is 21.6. The van der Waals surface area contributed by atoms with Gasteiger partial charge in [-0.25, -0.2) is 8.42 Å². The summed E-state index contributed by atoms with van der Waals surface area (Å²) < 4.78 is 28.3. The van der Waals surface area contributed by atoms with Crippen LogP contribution < -0.4 is 10.6 Å². The summed E-state index contributed by atoms with van der Waals surface area (Å²) in [5.74, 6) is -0.911. The van der Waals surface area contributed by atoms with Gasteiger partial charge in [-0.05, 0) is 99.0 Å². The molecule has 0 unspecified atom stereocenters. The highest BCUT2D eigenvalue weighted by Crippen LogP contribution is 2.32. The van der Waals surface area contributed by atoms with Gasteiger partial charge in [0.15, 0.2) is 0 Å². The Morgan fingerprint density at radius 2 is 1.85 bits per heavy atom. The van der Waals surface area contributed by atoms with Gasteiger partial charge < -0.3 is 10.6 Å². The number of sulfonamides is 1. The van der Waals surface area contributed by atoms with Crippen LogP contribution >= 0.6 is 11.6 Å². The second-order valence-corrected chi connectivity index (χ2v) is 13.3. The third kappa shape index (κ3) is 6.06. The first kappa shape index (κ1) is 28.6. The van der Waals surface area contributed by atoms with Crippen LogP contribution in [0.2, 0.25) is 5.02 Å². The fourth-order valence-corrected chi connectivity index (χ4v) is 7.97. The quantitative estimate of drug-likeness (QED) is 0.500. The number of likely N-dealkylation sites (tertiary alicyclic amines) is 1. The van der Waals surface area contributed by atoms with Crippen molar-refractivity contribution in [2.75, 3.05) is 13.1 Å². The molecule has 214 valence electrons. The molecule has 2 atom stereocenters. The van der Waals surface area contributed by atoms with Crippen LogP contribution in [0.25, 0.3) is 0 Å². The maximum atomic E-state index is 13.7. The van der Waals surface area contributed by atoms with Gasteiger partial charge >= 0.3 is 0 Å². The van der Waals surface area contributed by atoms with Gasteiger partial charge in [0.05, 0.1) is 17.4 Å². The summed E-state index contributed by atoms with van der Waals surface area (Å²) in [6.07, 6.45) is 8.84. The summed E-state index contributed by atoms with van der Waals surface area (Å²) in [6.45, 7) is 6.62. The number of piperidine rings is 1. The molecule has 2 amide bonds. The largest absolute Gasteiger partial charge is 0.349 e. The first-order valence-corrected chi connectivity index (χ1v) is 15.9. The van der Waals surface area contributed by atoms with E-state index in [0.717, 1.165) is 48.8 Å². The lowest BCUT2D eigenvalue weighted by atomic mass is 9.86. The molecule has 0 radical (unpaired) electrons. The maximum absolute atomic E-state index is 13.7. The lowest BCUT2D eigenvalue weighted by molar-refractivity contribution is -0.129. The standard InChI is InChI=1S/C30H37ClN4O4S/c1-20-16-28(21(2)15-25(20)31)40(38,39)35-14-11-32-30(37)27(35)18-29(36)33-26-8-6-7-23-17-22(9-10-24(23)26)19-34-12-4-3-5-13-34/h9-11,14-17,26-27H,3-8,12-13,18-19H2,1-2H3,(H,32,37)(H,33,36)/t26-,27-/m1/s1. The van der Waals surface area contributed by atoms with Gasteiger partial charge in [0, 0.05) is 24.0 Å². The van der Waals surface area contributed by atoms with E-state index >= 15 is 0 Å². The number of carbonyl (C=O) groups is 2. The van der Waals surface area contributed by atoms with Gasteiger partial charge in [0.1, 0.15) is 6.04 Å². The summed E-state index contributed by atoms with van der Waals surface area (Å²) in [6, 6.07) is 8.26. The highest BCUT2D eigenvalue weighted by molar-refractivity contribution is 7.89. The number of carbonyl (C=O) groups excluding carboxylic acids is 2. The van der Waals surface area contributed by atoms with E-state index in [-0.39, 0.29) is 23.3 Å². The third-order valence-electron chi connectivity index (χ3n) is 8.16. The van der Waals surface area contributed by atoms with Crippen LogP contribution in [0.1, 0.15) is 72.4 Å². The zero-order valence-corrected chi connectivity index (χ0v) is 24.7. The molecule has 1 aliphatic carbocycles. The third-order valence-corrected chi connectivity index (χ3v) is 10.5. The van der Waals surface area contributed by atoms with Gasteiger partial charge in [-0.3, -0.25) is 18.8 Å². The summed E-state index contributed by atoms with van der Waals surface area (Å²) in [5, 5.41) is 6.11. The molecule has 2 aromatic carbocycles. The molecular formula is C30H37ClN4O4S. The van der Waals surface area contributed by atoms with Gasteiger partial charge in [0.25, 0.3) is 10.0 Å². The van der Waals surface area contributed by atoms with Crippen molar-refractivity contribution >= 4 is 33.4 Å². The van der Waals surface area contributed by atoms with Gasteiger partial charge in [-0.2, -0.15) is 0 Å². The van der Waals surface area contributed by atoms with Crippen LogP contribution in [0.5, 0.6) is 0 Å². The second-order valence-electron chi connectivity index (χ2n) is 11.1. The number of amides is 2. The number of fused-ring (bicyclic) bond motifs is 1. The number of nitrogens with one attached hydrogen (secondary N) is 2. The van der Waals surface area contributed by atoms with Gasteiger partial charge in [0.2, 0.25) is 11.8 Å². The molecule has 1 fully saturated rings. The molecule has 2 aliphatic heterocycles. The fraction of sp³-hybridized carbons (Fsp3) is 0.467. The molecule has 2 aromatic rings. The van der Waals surface area contributed by atoms with Crippen LogP contribution in [-0.2, 0) is 32.6 Å². The van der Waals surface area contributed by atoms with Crippen molar-refractivity contribution in [3.05, 3.63) is 75.6 Å². The van der Waals surface area contributed by atoms with Crippen LogP contribution in [0.15, 0.2) is 47.6 Å². The summed E-state index contributed by atoms with van der Waals surface area (Å²) in [7, 11) is -4.12. The van der Waals surface area contributed by atoms with Crippen molar-refractivity contribution in [1.82, 2.24) is 19.8 Å². The molecule has 8 nitrogen and oxygen atoms in total. The van der Waals surface area contributed by atoms with E-state index in [1.807, 2.05) is 0 Å². The van der Waals surface area contributed by atoms with E-state index in [1.54, 1.807) is 19.9 Å². The number of aryl methyl sites for hydroxylation is 3. The monoisotopic (exact) mass is 584 g/mol. The Kier molecular flexibility index (Phi) is 8.54. The average molecular weight is 585 g/mol. The van der Waals surface area contributed by atoms with Crippen LogP contribution in [0, 0.1) is 13.8 Å². The van der Waals surface area contributed by atoms with Crippen LogP contribution in [0.4, 0.5) is 0 Å². The van der Waals surface area contributed by atoms with E-state index in [9.17, 15) is 18.0 Å². The molecule has 0 spiro atoms. The second kappa shape index (κ2) is 11.9. The Morgan fingerprint density at radius 1 is 1.07 bits per heavy atom. The van der Waals surface area contributed by atoms with E-state index in [2.05, 4.69) is 33.7 Å². The molecule has 2 heterocycles. The molecule has 40 heavy (non-hydrogen) atoms. The number of nitrogens with zero attached hydrogens (tertiary/aromatic N) is 2. The SMILES string of the molecule is Cc1cc(S(=O)(=O)N2C=CNC(=O)[C@H]2CC(=O)N[C@@H]2CCCc3cc(CN4CCCCC4)ccc32)c(C)cc1Cl. The Morgan fingerprint density at radius 3 is 2.62 bits per heavy atom. The van der Waals surface area contributed by atoms with Crippen molar-refractivity contribution in [1.29, 1.82) is 0 Å². The van der Waals surface area contributed by atoms with Crippen molar-refractivity contribution < 1.29 is 18.0 Å². The first-order chi connectivity index (χ1) is 19.1. The Labute approximate surface area is 241 Å². The first-order valence-electron chi connectivity index (χ1n) is 14.0. The zero-order chi connectivity index (χ0) is 28.4. The van der Waals surface area contributed by atoms with Crippen molar-refractivity contribution in [3.8, 4) is 0 Å². The topological polar surface area (TPSA) is 98.8 Å². The molecule has 0 saturated carbocycles.